The summed E-state index contributed by atoms with van der Waals surface area (Å²) in [7, 11) is 0. The lowest BCUT2D eigenvalue weighted by atomic mass is 10.1. The molecule has 88 valence electrons. The molecule has 0 saturated carbocycles. The number of carbonyl (C=O) groups excluding carboxylic acids is 1. The minimum absolute atomic E-state index is 0.276. The van der Waals surface area contributed by atoms with Crippen molar-refractivity contribution in [1.82, 2.24) is 5.32 Å². The van der Waals surface area contributed by atoms with Crippen LogP contribution >= 0.6 is 11.6 Å². The van der Waals surface area contributed by atoms with Crippen LogP contribution in [0.15, 0.2) is 18.2 Å². The third-order valence-corrected chi connectivity index (χ3v) is 2.53. The van der Waals surface area contributed by atoms with Gasteiger partial charge in [0, 0.05) is 10.6 Å². The molecule has 0 fully saturated rings. The molecule has 0 saturated heterocycles. The first-order valence-corrected chi connectivity index (χ1v) is 5.31. The summed E-state index contributed by atoms with van der Waals surface area (Å²) in [6.07, 6.45) is 0. The van der Waals surface area contributed by atoms with Crippen LogP contribution in [0.25, 0.3) is 0 Å². The third-order valence-electron chi connectivity index (χ3n) is 2.21. The van der Waals surface area contributed by atoms with Gasteiger partial charge in [0.05, 0.1) is 12.1 Å². The molecular formula is C11H14ClFN2O. The Morgan fingerprint density at radius 2 is 2.12 bits per heavy atom. The van der Waals surface area contributed by atoms with Crippen LogP contribution < -0.4 is 11.1 Å². The van der Waals surface area contributed by atoms with Crippen molar-refractivity contribution in [2.75, 3.05) is 0 Å². The minimum Gasteiger partial charge on any atom is -0.348 e. The highest BCUT2D eigenvalue weighted by Gasteiger charge is 2.18. The van der Waals surface area contributed by atoms with Gasteiger partial charge in [-0.25, -0.2) is 4.39 Å². The number of halogens is 2. The monoisotopic (exact) mass is 244 g/mol. The van der Waals surface area contributed by atoms with E-state index in [1.807, 2.05) is 0 Å². The van der Waals surface area contributed by atoms with Gasteiger partial charge in [-0.1, -0.05) is 17.7 Å². The van der Waals surface area contributed by atoms with Gasteiger partial charge in [0.15, 0.2) is 0 Å². The number of nitrogens with one attached hydrogen (secondary N) is 1. The summed E-state index contributed by atoms with van der Waals surface area (Å²) in [5.41, 5.74) is 5.68. The first-order chi connectivity index (χ1) is 7.43. The van der Waals surface area contributed by atoms with E-state index in [1.54, 1.807) is 19.9 Å². The van der Waals surface area contributed by atoms with Crippen molar-refractivity contribution in [3.63, 3.8) is 0 Å². The number of nitrogens with two attached hydrogens (primary N) is 1. The molecule has 0 bridgehead atoms. The van der Waals surface area contributed by atoms with E-state index in [4.69, 9.17) is 17.3 Å². The number of rotatable bonds is 3. The van der Waals surface area contributed by atoms with Crippen LogP contribution in [0.2, 0.25) is 5.02 Å². The molecule has 16 heavy (non-hydrogen) atoms. The molecule has 0 aromatic heterocycles. The van der Waals surface area contributed by atoms with Crippen LogP contribution in [0.4, 0.5) is 4.39 Å². The Bertz CT molecular complexity index is 375. The Labute approximate surface area is 98.8 Å². The molecule has 0 spiro atoms. The van der Waals surface area contributed by atoms with Crippen molar-refractivity contribution in [3.05, 3.63) is 34.6 Å². The highest BCUT2D eigenvalue weighted by atomic mass is 35.5. The molecule has 1 unspecified atom stereocenters. The Kier molecular flexibility index (Phi) is 4.26. The van der Waals surface area contributed by atoms with Crippen molar-refractivity contribution >= 4 is 17.5 Å². The van der Waals surface area contributed by atoms with Crippen molar-refractivity contribution in [3.8, 4) is 0 Å². The van der Waals surface area contributed by atoms with E-state index in [-0.39, 0.29) is 16.5 Å². The minimum atomic E-state index is -0.631. The predicted molar refractivity (Wildman–Crippen MR) is 61.6 cm³/mol. The number of hydrogen-bond donors (Lipinski definition) is 2. The molecule has 0 radical (unpaired) electrons. The molecule has 0 heterocycles. The van der Waals surface area contributed by atoms with E-state index in [0.29, 0.717) is 0 Å². The second kappa shape index (κ2) is 5.27. The van der Waals surface area contributed by atoms with Crippen LogP contribution in [0, 0.1) is 5.82 Å². The van der Waals surface area contributed by atoms with E-state index < -0.39 is 17.9 Å². The summed E-state index contributed by atoms with van der Waals surface area (Å²) in [4.78, 5) is 11.3. The summed E-state index contributed by atoms with van der Waals surface area (Å²) in [5.74, 6) is -0.781. The van der Waals surface area contributed by atoms with Crippen molar-refractivity contribution < 1.29 is 9.18 Å². The molecule has 0 aliphatic carbocycles. The largest absolute Gasteiger partial charge is 0.348 e. The molecule has 3 nitrogen and oxygen atoms in total. The van der Waals surface area contributed by atoms with Gasteiger partial charge < -0.3 is 11.1 Å². The lowest BCUT2D eigenvalue weighted by Crippen LogP contribution is -2.39. The molecule has 1 rings (SSSR count). The van der Waals surface area contributed by atoms with Crippen LogP contribution in [0.1, 0.15) is 25.5 Å². The topological polar surface area (TPSA) is 55.1 Å². The Balaban J connectivity index is 2.88. The van der Waals surface area contributed by atoms with Crippen molar-refractivity contribution in [2.24, 2.45) is 5.73 Å². The lowest BCUT2D eigenvalue weighted by Gasteiger charge is -2.17. The third kappa shape index (κ3) is 2.93. The first-order valence-electron chi connectivity index (χ1n) is 4.93. The summed E-state index contributed by atoms with van der Waals surface area (Å²) in [6, 6.07) is 3.26. The zero-order valence-corrected chi connectivity index (χ0v) is 9.88. The maximum absolute atomic E-state index is 13.5. The average Bonchev–Trinajstić information content (AvgIpc) is 2.16. The SMILES string of the molecule is CC(NC(=O)[C@H](C)N)c1c(F)cccc1Cl. The molecule has 1 aromatic rings. The van der Waals surface area contributed by atoms with Gasteiger partial charge in [-0.15, -0.1) is 0 Å². The fraction of sp³-hybridized carbons (Fsp3) is 0.364. The van der Waals surface area contributed by atoms with Crippen LogP contribution in [-0.2, 0) is 4.79 Å². The second-order valence-electron chi connectivity index (χ2n) is 3.65. The van der Waals surface area contributed by atoms with Gasteiger partial charge in [0.2, 0.25) is 5.91 Å². The highest BCUT2D eigenvalue weighted by Crippen LogP contribution is 2.25. The Morgan fingerprint density at radius 1 is 1.50 bits per heavy atom. The maximum atomic E-state index is 13.5. The van der Waals surface area contributed by atoms with E-state index in [0.717, 1.165) is 0 Å². The molecule has 1 amide bonds. The maximum Gasteiger partial charge on any atom is 0.237 e. The quantitative estimate of drug-likeness (QED) is 0.855. The molecule has 3 N–H and O–H groups in total. The molecule has 5 heteroatoms. The zero-order valence-electron chi connectivity index (χ0n) is 9.13. The van der Waals surface area contributed by atoms with E-state index in [1.165, 1.54) is 12.1 Å². The highest BCUT2D eigenvalue weighted by molar-refractivity contribution is 6.31. The van der Waals surface area contributed by atoms with E-state index >= 15 is 0 Å². The predicted octanol–water partition coefficient (Wildman–Crippen LogP) is 2.00. The van der Waals surface area contributed by atoms with Gasteiger partial charge in [0.25, 0.3) is 0 Å². The summed E-state index contributed by atoms with van der Waals surface area (Å²) >= 11 is 5.86. The van der Waals surface area contributed by atoms with E-state index in [2.05, 4.69) is 5.32 Å². The van der Waals surface area contributed by atoms with Gasteiger partial charge >= 0.3 is 0 Å². The summed E-state index contributed by atoms with van der Waals surface area (Å²) in [6.45, 7) is 3.22. The molecular weight excluding hydrogens is 231 g/mol. The lowest BCUT2D eigenvalue weighted by molar-refractivity contribution is -0.122. The van der Waals surface area contributed by atoms with Crippen LogP contribution in [0.5, 0.6) is 0 Å². The fourth-order valence-corrected chi connectivity index (χ4v) is 1.67. The van der Waals surface area contributed by atoms with Crippen molar-refractivity contribution in [2.45, 2.75) is 25.9 Å². The van der Waals surface area contributed by atoms with Gasteiger partial charge in [-0.05, 0) is 26.0 Å². The van der Waals surface area contributed by atoms with Crippen LogP contribution in [0.3, 0.4) is 0 Å². The molecule has 2 atom stereocenters. The smallest absolute Gasteiger partial charge is 0.237 e. The Morgan fingerprint density at radius 3 is 2.62 bits per heavy atom. The van der Waals surface area contributed by atoms with Crippen LogP contribution in [-0.4, -0.2) is 11.9 Å². The van der Waals surface area contributed by atoms with Crippen molar-refractivity contribution in [1.29, 1.82) is 0 Å². The standard InChI is InChI=1S/C11H14ClFN2O/c1-6(14)11(16)15-7(2)10-8(12)4-3-5-9(10)13/h3-7H,14H2,1-2H3,(H,15,16)/t6-,7?/m0/s1. The molecule has 0 aliphatic rings. The van der Waals surface area contributed by atoms with Gasteiger partial charge in [0.1, 0.15) is 5.82 Å². The Hall–Kier alpha value is -1.13. The number of benzene rings is 1. The number of hydrogen-bond acceptors (Lipinski definition) is 2. The van der Waals surface area contributed by atoms with Gasteiger partial charge in [-0.2, -0.15) is 0 Å². The van der Waals surface area contributed by atoms with Gasteiger partial charge in [-0.3, -0.25) is 4.79 Å². The normalized spacial score (nSPS) is 14.3. The first kappa shape index (κ1) is 12.9. The summed E-state index contributed by atoms with van der Waals surface area (Å²) < 4.78 is 13.5. The number of amides is 1. The zero-order chi connectivity index (χ0) is 12.3. The average molecular weight is 245 g/mol. The second-order valence-corrected chi connectivity index (χ2v) is 4.06. The summed E-state index contributed by atoms with van der Waals surface area (Å²) in [5, 5.41) is 2.88. The molecule has 0 aliphatic heterocycles. The fourth-order valence-electron chi connectivity index (χ4n) is 1.34. The number of carbonyl (C=O) groups is 1. The van der Waals surface area contributed by atoms with E-state index in [9.17, 15) is 9.18 Å². The molecule has 1 aromatic carbocycles.